The van der Waals surface area contributed by atoms with Gasteiger partial charge in [-0.05, 0) is 48.6 Å². The van der Waals surface area contributed by atoms with Gasteiger partial charge in [0.1, 0.15) is 0 Å². The Morgan fingerprint density at radius 3 is 2.55 bits per heavy atom. The van der Waals surface area contributed by atoms with E-state index in [1.54, 1.807) is 31.2 Å². The summed E-state index contributed by atoms with van der Waals surface area (Å²) < 4.78 is 5.75. The summed E-state index contributed by atoms with van der Waals surface area (Å²) in [5.74, 6) is -1.27. The maximum atomic E-state index is 11.9. The van der Waals surface area contributed by atoms with E-state index in [2.05, 4.69) is 10.6 Å². The molecule has 0 aliphatic carbocycles. The third-order valence-electron chi connectivity index (χ3n) is 2.32. The Balaban J connectivity index is 2.60. The summed E-state index contributed by atoms with van der Waals surface area (Å²) in [5.41, 5.74) is 0.380. The van der Waals surface area contributed by atoms with Crippen LogP contribution in [0, 0.1) is 3.57 Å². The first-order valence-electron chi connectivity index (χ1n) is 6.00. The first kappa shape index (κ1) is 16.4. The van der Waals surface area contributed by atoms with Gasteiger partial charge in [-0.25, -0.2) is 9.59 Å². The van der Waals surface area contributed by atoms with E-state index in [0.717, 1.165) is 3.57 Å². The highest BCUT2D eigenvalue weighted by molar-refractivity contribution is 14.1. The number of urea groups is 1. The van der Waals surface area contributed by atoms with E-state index >= 15 is 0 Å². The monoisotopic (exact) mass is 390 g/mol. The molecule has 0 saturated heterocycles. The Labute approximate surface area is 130 Å². The number of halogens is 1. The summed E-state index contributed by atoms with van der Waals surface area (Å²) in [4.78, 5) is 34.7. The number of hydrogen-bond donors (Lipinski definition) is 2. The maximum absolute atomic E-state index is 11.9. The molecule has 0 radical (unpaired) electrons. The standard InChI is InChI=1S/C13H15IN2O4/c1-3-15-13(19)16-11(17)8(2)20-12(18)9-6-4-5-7-10(9)14/h4-8H,3H2,1-2H3,(H2,15,16,17,19). The minimum Gasteiger partial charge on any atom is -0.449 e. The highest BCUT2D eigenvalue weighted by Gasteiger charge is 2.21. The van der Waals surface area contributed by atoms with Crippen molar-refractivity contribution in [2.45, 2.75) is 20.0 Å². The number of rotatable bonds is 4. The van der Waals surface area contributed by atoms with E-state index in [4.69, 9.17) is 4.74 Å². The zero-order chi connectivity index (χ0) is 15.1. The largest absolute Gasteiger partial charge is 0.449 e. The second kappa shape index (κ2) is 7.83. The molecule has 0 aliphatic heterocycles. The quantitative estimate of drug-likeness (QED) is 0.606. The van der Waals surface area contributed by atoms with Gasteiger partial charge in [-0.3, -0.25) is 10.1 Å². The smallest absolute Gasteiger partial charge is 0.339 e. The zero-order valence-corrected chi connectivity index (χ0v) is 13.3. The number of amides is 3. The number of carbonyl (C=O) groups excluding carboxylic acids is 3. The summed E-state index contributed by atoms with van der Waals surface area (Å²) in [6.45, 7) is 3.53. The number of benzene rings is 1. The van der Waals surface area contributed by atoms with E-state index < -0.39 is 24.0 Å². The molecule has 1 aromatic carbocycles. The van der Waals surface area contributed by atoms with Crippen molar-refractivity contribution in [1.82, 2.24) is 10.6 Å². The van der Waals surface area contributed by atoms with Gasteiger partial charge in [-0.15, -0.1) is 0 Å². The summed E-state index contributed by atoms with van der Waals surface area (Å²) in [7, 11) is 0. The van der Waals surface area contributed by atoms with Gasteiger partial charge in [0, 0.05) is 10.1 Å². The van der Waals surface area contributed by atoms with Crippen LogP contribution in [0.3, 0.4) is 0 Å². The van der Waals surface area contributed by atoms with Gasteiger partial charge in [-0.1, -0.05) is 12.1 Å². The van der Waals surface area contributed by atoms with Gasteiger partial charge >= 0.3 is 12.0 Å². The van der Waals surface area contributed by atoms with Crippen LogP contribution in [-0.4, -0.2) is 30.6 Å². The molecule has 2 N–H and O–H groups in total. The second-order valence-corrected chi connectivity index (χ2v) is 5.04. The minimum atomic E-state index is -1.05. The molecule has 20 heavy (non-hydrogen) atoms. The van der Waals surface area contributed by atoms with Gasteiger partial charge in [0.2, 0.25) is 0 Å². The molecular formula is C13H15IN2O4. The fourth-order valence-electron chi connectivity index (χ4n) is 1.32. The van der Waals surface area contributed by atoms with Crippen molar-refractivity contribution in [3.8, 4) is 0 Å². The summed E-state index contributed by atoms with van der Waals surface area (Å²) >= 11 is 2.01. The molecule has 0 saturated carbocycles. The molecule has 1 atom stereocenters. The Kier molecular flexibility index (Phi) is 6.43. The predicted molar refractivity (Wildman–Crippen MR) is 81.3 cm³/mol. The Morgan fingerprint density at radius 2 is 1.95 bits per heavy atom. The first-order chi connectivity index (χ1) is 9.45. The normalized spacial score (nSPS) is 11.3. The highest BCUT2D eigenvalue weighted by atomic mass is 127. The lowest BCUT2D eigenvalue weighted by Crippen LogP contribution is -2.44. The van der Waals surface area contributed by atoms with Crippen molar-refractivity contribution in [1.29, 1.82) is 0 Å². The first-order valence-corrected chi connectivity index (χ1v) is 7.07. The Hall–Kier alpha value is -1.64. The van der Waals surface area contributed by atoms with E-state index in [1.807, 2.05) is 22.6 Å². The topological polar surface area (TPSA) is 84.5 Å². The molecule has 0 aromatic heterocycles. The fourth-order valence-corrected chi connectivity index (χ4v) is 1.93. The van der Waals surface area contributed by atoms with Crippen LogP contribution < -0.4 is 10.6 Å². The number of carbonyl (C=O) groups is 3. The number of imide groups is 1. The lowest BCUT2D eigenvalue weighted by Gasteiger charge is -2.13. The van der Waals surface area contributed by atoms with Crippen molar-refractivity contribution in [2.75, 3.05) is 6.54 Å². The molecule has 3 amide bonds. The van der Waals surface area contributed by atoms with Crippen molar-refractivity contribution in [2.24, 2.45) is 0 Å². The number of nitrogens with one attached hydrogen (secondary N) is 2. The van der Waals surface area contributed by atoms with Gasteiger partial charge in [0.05, 0.1) is 5.56 Å². The van der Waals surface area contributed by atoms with E-state index in [0.29, 0.717) is 12.1 Å². The van der Waals surface area contributed by atoms with Crippen LogP contribution >= 0.6 is 22.6 Å². The summed E-state index contributed by atoms with van der Waals surface area (Å²) in [6, 6.07) is 6.26. The Morgan fingerprint density at radius 1 is 1.30 bits per heavy atom. The molecule has 0 heterocycles. The molecule has 0 bridgehead atoms. The van der Waals surface area contributed by atoms with Crippen molar-refractivity contribution < 1.29 is 19.1 Å². The predicted octanol–water partition coefficient (Wildman–Crippen LogP) is 1.68. The molecule has 1 rings (SSSR count). The average molecular weight is 390 g/mol. The van der Waals surface area contributed by atoms with Crippen LogP contribution in [0.5, 0.6) is 0 Å². The maximum Gasteiger partial charge on any atom is 0.339 e. The van der Waals surface area contributed by atoms with E-state index in [9.17, 15) is 14.4 Å². The number of ether oxygens (including phenoxy) is 1. The van der Waals surface area contributed by atoms with Crippen LogP contribution in [0.1, 0.15) is 24.2 Å². The summed E-state index contributed by atoms with van der Waals surface area (Å²) in [5, 5.41) is 4.50. The molecule has 0 spiro atoms. The van der Waals surface area contributed by atoms with Crippen molar-refractivity contribution in [3.63, 3.8) is 0 Å². The van der Waals surface area contributed by atoms with Crippen LogP contribution in [0.25, 0.3) is 0 Å². The van der Waals surface area contributed by atoms with Crippen LogP contribution in [0.2, 0.25) is 0 Å². The molecular weight excluding hydrogens is 375 g/mol. The summed E-state index contributed by atoms with van der Waals surface area (Å²) in [6.07, 6.45) is -1.05. The molecule has 108 valence electrons. The molecule has 7 heteroatoms. The number of hydrogen-bond acceptors (Lipinski definition) is 4. The van der Waals surface area contributed by atoms with Crippen LogP contribution in [0.4, 0.5) is 4.79 Å². The van der Waals surface area contributed by atoms with Crippen LogP contribution in [-0.2, 0) is 9.53 Å². The fraction of sp³-hybridized carbons (Fsp3) is 0.308. The zero-order valence-electron chi connectivity index (χ0n) is 11.1. The van der Waals surface area contributed by atoms with Gasteiger partial charge in [0.25, 0.3) is 5.91 Å². The van der Waals surface area contributed by atoms with Gasteiger partial charge in [-0.2, -0.15) is 0 Å². The Bertz CT molecular complexity index is 519. The van der Waals surface area contributed by atoms with Crippen molar-refractivity contribution >= 4 is 40.5 Å². The van der Waals surface area contributed by atoms with Crippen molar-refractivity contribution in [3.05, 3.63) is 33.4 Å². The average Bonchev–Trinajstić information content (AvgIpc) is 2.39. The minimum absolute atomic E-state index is 0.380. The third-order valence-corrected chi connectivity index (χ3v) is 3.26. The van der Waals surface area contributed by atoms with E-state index in [1.165, 1.54) is 6.92 Å². The highest BCUT2D eigenvalue weighted by Crippen LogP contribution is 2.13. The van der Waals surface area contributed by atoms with Crippen LogP contribution in [0.15, 0.2) is 24.3 Å². The second-order valence-electron chi connectivity index (χ2n) is 3.88. The molecule has 1 unspecified atom stereocenters. The molecule has 1 aromatic rings. The van der Waals surface area contributed by atoms with E-state index in [-0.39, 0.29) is 0 Å². The molecule has 6 nitrogen and oxygen atoms in total. The van der Waals surface area contributed by atoms with Gasteiger partial charge in [0.15, 0.2) is 6.10 Å². The SMILES string of the molecule is CCNC(=O)NC(=O)C(C)OC(=O)c1ccccc1I. The lowest BCUT2D eigenvalue weighted by molar-refractivity contribution is -0.127. The lowest BCUT2D eigenvalue weighted by atomic mass is 10.2. The van der Waals surface area contributed by atoms with Gasteiger partial charge < -0.3 is 10.1 Å². The number of esters is 1. The molecule has 0 fully saturated rings. The third kappa shape index (κ3) is 4.80. The molecule has 0 aliphatic rings.